The van der Waals surface area contributed by atoms with Crippen molar-refractivity contribution in [3.8, 4) is 0 Å². The maximum absolute atomic E-state index is 14.2. The first-order valence-corrected chi connectivity index (χ1v) is 31.7. The number of unbranched alkanes of at least 4 members (excludes halogenated alkanes) is 1. The van der Waals surface area contributed by atoms with Crippen molar-refractivity contribution in [3.63, 3.8) is 0 Å². The van der Waals surface area contributed by atoms with Crippen molar-refractivity contribution in [3.05, 3.63) is 53.6 Å². The second-order valence-electron chi connectivity index (χ2n) is 28.4. The molecule has 4 saturated carbocycles. The molecule has 23 heteroatoms. The molecule has 0 amide bonds. The van der Waals surface area contributed by atoms with Crippen LogP contribution in [0, 0.1) is 56.2 Å². The lowest BCUT2D eigenvalue weighted by Gasteiger charge is -2.73. The third kappa shape index (κ3) is 11.7. The number of benzene rings is 1. The van der Waals surface area contributed by atoms with Gasteiger partial charge in [0.15, 0.2) is 31.1 Å². The van der Waals surface area contributed by atoms with Gasteiger partial charge in [-0.25, -0.2) is 9.59 Å². The predicted molar refractivity (Wildman–Crippen MR) is 311 cm³/mol. The molecule has 23 nitrogen and oxygen atoms in total. The van der Waals surface area contributed by atoms with E-state index in [2.05, 4.69) is 33.8 Å². The summed E-state index contributed by atoms with van der Waals surface area (Å²) in [5.41, 5.74) is -4.12. The van der Waals surface area contributed by atoms with Gasteiger partial charge in [-0.2, -0.15) is 0 Å². The number of aliphatic hydroxyl groups excluding tert-OH is 11. The number of esters is 3. The van der Waals surface area contributed by atoms with Crippen LogP contribution in [0.3, 0.4) is 0 Å². The Kier molecular flexibility index (Phi) is 20.7. The van der Waals surface area contributed by atoms with Crippen LogP contribution in [0.25, 0.3) is 6.08 Å². The molecular formula is C65H98O23. The van der Waals surface area contributed by atoms with Gasteiger partial charge in [-0.05, 0) is 97.0 Å². The molecule has 0 bridgehead atoms. The third-order valence-electron chi connectivity index (χ3n) is 22.8. The first kappa shape index (κ1) is 68.8. The van der Waals surface area contributed by atoms with E-state index in [1.807, 2.05) is 65.0 Å². The number of aliphatic hydroxyl groups is 11. The van der Waals surface area contributed by atoms with Crippen LogP contribution in [-0.2, 0) is 57.0 Å². The molecule has 9 rings (SSSR count). The van der Waals surface area contributed by atoms with E-state index >= 15 is 0 Å². The third-order valence-corrected chi connectivity index (χ3v) is 22.8. The molecule has 88 heavy (non-hydrogen) atoms. The quantitative estimate of drug-likeness (QED) is 0.0236. The monoisotopic (exact) mass is 1250 g/mol. The number of allylic oxidation sites excluding steroid dienone is 1. The van der Waals surface area contributed by atoms with E-state index < -0.39 is 199 Å². The molecule has 496 valence electrons. The van der Waals surface area contributed by atoms with Crippen molar-refractivity contribution < 1.29 is 113 Å². The van der Waals surface area contributed by atoms with E-state index in [-0.39, 0.29) is 24.9 Å². The van der Waals surface area contributed by atoms with E-state index in [9.17, 15) is 70.6 Å². The molecular weight excluding hydrogens is 1150 g/mol. The minimum Gasteiger partial charge on any atom is -0.464 e. The summed E-state index contributed by atoms with van der Waals surface area (Å²) in [6, 6.07) is 9.20. The lowest BCUT2D eigenvalue weighted by atomic mass is 9.32. The Morgan fingerprint density at radius 3 is 1.93 bits per heavy atom. The van der Waals surface area contributed by atoms with Gasteiger partial charge < -0.3 is 98.8 Å². The molecule has 0 unspecified atom stereocenters. The zero-order valence-corrected chi connectivity index (χ0v) is 52.4. The first-order chi connectivity index (χ1) is 41.5. The van der Waals surface area contributed by atoms with Gasteiger partial charge in [0.25, 0.3) is 0 Å². The van der Waals surface area contributed by atoms with E-state index in [0.29, 0.717) is 51.4 Å². The molecule has 5 aliphatic carbocycles. The van der Waals surface area contributed by atoms with E-state index in [4.69, 9.17) is 42.6 Å². The van der Waals surface area contributed by atoms with Crippen molar-refractivity contribution in [2.75, 3.05) is 26.4 Å². The highest BCUT2D eigenvalue weighted by molar-refractivity contribution is 5.87. The van der Waals surface area contributed by atoms with E-state index in [0.717, 1.165) is 11.1 Å². The highest BCUT2D eigenvalue weighted by Crippen LogP contribution is 2.76. The Bertz CT molecular complexity index is 2650. The Hall–Kier alpha value is -3.57. The lowest BCUT2D eigenvalue weighted by molar-refractivity contribution is -0.383. The van der Waals surface area contributed by atoms with Crippen LogP contribution in [0.15, 0.2) is 48.1 Å². The van der Waals surface area contributed by atoms with Crippen LogP contribution in [0.4, 0.5) is 0 Å². The number of ether oxygens (including phenoxy) is 9. The van der Waals surface area contributed by atoms with E-state index in [1.54, 1.807) is 13.0 Å². The molecule has 11 N–H and O–H groups in total. The molecule has 0 spiro atoms. The van der Waals surface area contributed by atoms with Crippen molar-refractivity contribution >= 4 is 24.0 Å². The fraction of sp³-hybridized carbons (Fsp3) is 0.800. The van der Waals surface area contributed by atoms with Crippen LogP contribution >= 0.6 is 0 Å². The molecule has 7 fully saturated rings. The second kappa shape index (κ2) is 26.4. The number of hydrogen-bond donors (Lipinski definition) is 11. The van der Waals surface area contributed by atoms with Gasteiger partial charge >= 0.3 is 17.9 Å². The zero-order chi connectivity index (χ0) is 64.4. The van der Waals surface area contributed by atoms with Crippen molar-refractivity contribution in [2.24, 2.45) is 56.2 Å². The molecule has 0 aromatic heterocycles. The average molecular weight is 1250 g/mol. The zero-order valence-electron chi connectivity index (χ0n) is 52.4. The average Bonchev–Trinajstić information content (AvgIpc) is 0.690. The predicted octanol–water partition coefficient (Wildman–Crippen LogP) is 2.35. The van der Waals surface area contributed by atoms with Crippen LogP contribution in [0.1, 0.15) is 133 Å². The van der Waals surface area contributed by atoms with Crippen LogP contribution < -0.4 is 0 Å². The van der Waals surface area contributed by atoms with Gasteiger partial charge in [0.1, 0.15) is 67.1 Å². The summed E-state index contributed by atoms with van der Waals surface area (Å²) in [6.07, 6.45) is -21.5. The lowest BCUT2D eigenvalue weighted by Crippen LogP contribution is -2.76. The minimum absolute atomic E-state index is 0.0509. The van der Waals surface area contributed by atoms with Crippen molar-refractivity contribution in [1.29, 1.82) is 0 Å². The Labute approximate surface area is 515 Å². The highest BCUT2D eigenvalue weighted by atomic mass is 16.8. The number of rotatable bonds is 19. The van der Waals surface area contributed by atoms with Crippen LogP contribution in [-0.4, -0.2) is 217 Å². The fourth-order valence-corrected chi connectivity index (χ4v) is 17.3. The van der Waals surface area contributed by atoms with Gasteiger partial charge in [0.2, 0.25) is 0 Å². The topological polar surface area (TPSA) is 357 Å². The SMILES string of the molecule is CCCCOC(=O)[C@@H]1O[C@@H](O[C@H]2CC[C@@]3(C)[C@@H](CC[C@]4(C)[C@H]3CC=C3[C@@H]5CC(C)(C)[C@H](OC(=O)C=Cc6ccccc6)[C@@H](OC(=O)[C@H](C)CC)[C@]5(CO)[C@@H](O)[C@H](O)[C@@]34C)C2(C)C)[C@@H](O[C@H]2O[C@@H](CO)[C@H](O)[C@@H](O)[C@@H]2O)[C@H](O)[C@H]1O[C@H]1O[C@H](CO)[C@H](O)[C@H]1O. The summed E-state index contributed by atoms with van der Waals surface area (Å²) in [5.74, 6) is -3.80. The fourth-order valence-electron chi connectivity index (χ4n) is 17.3. The molecule has 3 saturated heterocycles. The van der Waals surface area contributed by atoms with E-state index in [1.165, 1.54) is 6.08 Å². The summed E-state index contributed by atoms with van der Waals surface area (Å²) >= 11 is 0. The standard InChI is InChI=1S/C65H98O23/c1-11-13-27-80-56(79)50-48(85-57-45(73)43(71)37(30-67)82-57)47(75)49(86-58-46(74)44(72)42(70)36(29-66)81-58)59(87-50)83-40-24-25-62(8)38(61(40,6)7)23-26-63(9)39(62)21-20-34-35-28-60(4,5)53(84-41(69)22-19-33-17-15-14-16-18-33)54(88-55(78)32(3)12-2)65(35,31-68)52(77)51(76)64(34,63)10/h14-20,22,32,35-40,42-54,57-59,66-68,70-77H,11-13,21,23-31H2,1-10H3/t32-,35+,36+,37-,38+,39+,40+,42+,43+,44-,45-,46+,47-,48-,49+,50-,51+,52+,53-,54-,57-,58-,59-,62+,63-,64-,65+/m1/s1. The Morgan fingerprint density at radius 2 is 1.32 bits per heavy atom. The van der Waals surface area contributed by atoms with Gasteiger partial charge in [0.05, 0.1) is 56.1 Å². The molecule has 0 radical (unpaired) electrons. The maximum atomic E-state index is 14.2. The molecule has 1 aromatic carbocycles. The number of carbonyl (C=O) groups is 3. The molecule has 27 atom stereocenters. The van der Waals surface area contributed by atoms with Gasteiger partial charge in [-0.3, -0.25) is 4.79 Å². The molecule has 1 aromatic rings. The number of fused-ring (bicyclic) bond motifs is 7. The van der Waals surface area contributed by atoms with Gasteiger partial charge in [-0.1, -0.05) is 118 Å². The molecule has 3 aliphatic heterocycles. The van der Waals surface area contributed by atoms with Crippen molar-refractivity contribution in [2.45, 2.75) is 244 Å². The largest absolute Gasteiger partial charge is 0.464 e. The Balaban J connectivity index is 1.04. The normalized spacial score (nSPS) is 45.6. The highest BCUT2D eigenvalue weighted by Gasteiger charge is 2.76. The van der Waals surface area contributed by atoms with Crippen LogP contribution in [0.2, 0.25) is 0 Å². The molecule has 3 heterocycles. The summed E-state index contributed by atoms with van der Waals surface area (Å²) in [5, 5.41) is 125. The van der Waals surface area contributed by atoms with Gasteiger partial charge in [-0.15, -0.1) is 0 Å². The van der Waals surface area contributed by atoms with Crippen LogP contribution in [0.5, 0.6) is 0 Å². The Morgan fingerprint density at radius 1 is 0.693 bits per heavy atom. The maximum Gasteiger partial charge on any atom is 0.338 e. The van der Waals surface area contributed by atoms with Gasteiger partial charge in [0, 0.05) is 16.9 Å². The number of hydrogen-bond acceptors (Lipinski definition) is 23. The second-order valence-corrected chi connectivity index (χ2v) is 28.4. The van der Waals surface area contributed by atoms with Crippen molar-refractivity contribution in [1.82, 2.24) is 0 Å². The molecule has 8 aliphatic rings. The summed E-state index contributed by atoms with van der Waals surface area (Å²) in [6.45, 7) is 17.6. The summed E-state index contributed by atoms with van der Waals surface area (Å²) in [7, 11) is 0. The first-order valence-electron chi connectivity index (χ1n) is 31.7. The number of carbonyl (C=O) groups excluding carboxylic acids is 3. The summed E-state index contributed by atoms with van der Waals surface area (Å²) < 4.78 is 55.7. The summed E-state index contributed by atoms with van der Waals surface area (Å²) in [4.78, 5) is 42.1. The smallest absolute Gasteiger partial charge is 0.338 e. The minimum atomic E-state index is -1.99.